The maximum absolute atomic E-state index is 9.71. The zero-order chi connectivity index (χ0) is 16.0. The van der Waals surface area contributed by atoms with Crippen molar-refractivity contribution in [3.63, 3.8) is 0 Å². The van der Waals surface area contributed by atoms with E-state index in [-0.39, 0.29) is 6.61 Å². The minimum Gasteiger partial charge on any atom is -0.491 e. The first-order valence-electron chi connectivity index (χ1n) is 7.78. The van der Waals surface area contributed by atoms with E-state index < -0.39 is 6.10 Å². The topological polar surface area (TPSA) is 86.0 Å². The van der Waals surface area contributed by atoms with Crippen LogP contribution in [0.3, 0.4) is 0 Å². The first kappa shape index (κ1) is 18.7. The highest BCUT2D eigenvalue weighted by Crippen LogP contribution is 2.17. The van der Waals surface area contributed by atoms with Gasteiger partial charge in [0, 0.05) is 26.2 Å². The molecule has 1 unspecified atom stereocenters. The number of nitrogens with two attached hydrogens (primary N) is 1. The summed E-state index contributed by atoms with van der Waals surface area (Å²) >= 11 is 0. The Morgan fingerprint density at radius 2 is 1.77 bits per heavy atom. The van der Waals surface area contributed by atoms with Gasteiger partial charge in [-0.3, -0.25) is 0 Å². The molecule has 0 saturated carbocycles. The molecule has 0 aliphatic rings. The number of nitrogens with one attached hydrogen (secondary N) is 1. The van der Waals surface area contributed by atoms with Crippen molar-refractivity contribution in [1.82, 2.24) is 5.32 Å². The summed E-state index contributed by atoms with van der Waals surface area (Å²) in [6, 6.07) is 7.33. The van der Waals surface area contributed by atoms with Crippen molar-refractivity contribution in [2.75, 3.05) is 46.1 Å². The fourth-order valence-corrected chi connectivity index (χ4v) is 1.72. The Kier molecular flexibility index (Phi) is 10.4. The lowest BCUT2D eigenvalue weighted by Gasteiger charge is -2.13. The Morgan fingerprint density at radius 3 is 2.41 bits per heavy atom. The Morgan fingerprint density at radius 1 is 1.09 bits per heavy atom. The molecule has 6 heteroatoms. The number of aliphatic hydroxyl groups excluding tert-OH is 1. The zero-order valence-corrected chi connectivity index (χ0v) is 13.3. The lowest BCUT2D eigenvalue weighted by Crippen LogP contribution is -2.34. The van der Waals surface area contributed by atoms with Gasteiger partial charge in [0.05, 0.1) is 6.61 Å². The molecule has 0 amide bonds. The fraction of sp³-hybridized carbons (Fsp3) is 0.625. The van der Waals surface area contributed by atoms with Crippen LogP contribution in [0.15, 0.2) is 24.3 Å². The summed E-state index contributed by atoms with van der Waals surface area (Å²) in [5.41, 5.74) is 5.36. The van der Waals surface area contributed by atoms with E-state index in [1.54, 1.807) is 0 Å². The summed E-state index contributed by atoms with van der Waals surface area (Å²) in [6.07, 6.45) is 0.456. The summed E-state index contributed by atoms with van der Waals surface area (Å²) in [6.45, 7) is 5.91. The van der Waals surface area contributed by atoms with E-state index in [2.05, 4.69) is 12.2 Å². The fourth-order valence-electron chi connectivity index (χ4n) is 1.72. The van der Waals surface area contributed by atoms with Gasteiger partial charge in [0.25, 0.3) is 0 Å². The van der Waals surface area contributed by atoms with Crippen LogP contribution in [0.5, 0.6) is 11.5 Å². The van der Waals surface area contributed by atoms with E-state index in [4.69, 9.17) is 19.9 Å². The molecule has 0 aromatic heterocycles. The van der Waals surface area contributed by atoms with Crippen molar-refractivity contribution in [1.29, 1.82) is 0 Å². The van der Waals surface area contributed by atoms with Gasteiger partial charge in [0.15, 0.2) is 0 Å². The number of ether oxygens (including phenoxy) is 3. The van der Waals surface area contributed by atoms with Gasteiger partial charge in [-0.1, -0.05) is 6.92 Å². The van der Waals surface area contributed by atoms with Gasteiger partial charge >= 0.3 is 0 Å². The Bertz CT molecular complexity index is 373. The third-order valence-corrected chi connectivity index (χ3v) is 2.81. The lowest BCUT2D eigenvalue weighted by molar-refractivity contribution is 0.100. The van der Waals surface area contributed by atoms with Crippen LogP contribution in [0.4, 0.5) is 0 Å². The quantitative estimate of drug-likeness (QED) is 0.467. The van der Waals surface area contributed by atoms with Gasteiger partial charge in [-0.05, 0) is 30.7 Å². The summed E-state index contributed by atoms with van der Waals surface area (Å²) in [5, 5.41) is 12.7. The van der Waals surface area contributed by atoms with E-state index in [0.717, 1.165) is 18.8 Å². The molecule has 0 saturated heterocycles. The molecule has 1 rings (SSSR count). The Hall–Kier alpha value is -1.34. The second-order valence-corrected chi connectivity index (χ2v) is 4.89. The van der Waals surface area contributed by atoms with Crippen molar-refractivity contribution in [2.45, 2.75) is 19.4 Å². The molecule has 0 aliphatic carbocycles. The summed E-state index contributed by atoms with van der Waals surface area (Å²) < 4.78 is 16.4. The molecule has 0 aliphatic heterocycles. The molecule has 1 atom stereocenters. The number of benzene rings is 1. The van der Waals surface area contributed by atoms with Gasteiger partial charge < -0.3 is 30.4 Å². The van der Waals surface area contributed by atoms with Crippen LogP contribution in [0.1, 0.15) is 13.3 Å². The lowest BCUT2D eigenvalue weighted by atomic mass is 10.3. The van der Waals surface area contributed by atoms with Crippen molar-refractivity contribution in [3.05, 3.63) is 24.3 Å². The molecule has 0 radical (unpaired) electrons. The third kappa shape index (κ3) is 8.84. The minimum atomic E-state index is -0.557. The van der Waals surface area contributed by atoms with Gasteiger partial charge in [-0.25, -0.2) is 0 Å². The largest absolute Gasteiger partial charge is 0.491 e. The van der Waals surface area contributed by atoms with Gasteiger partial charge in [-0.2, -0.15) is 0 Å². The maximum atomic E-state index is 9.71. The number of hydrogen-bond acceptors (Lipinski definition) is 6. The molecule has 0 bridgehead atoms. The molecule has 0 heterocycles. The summed E-state index contributed by atoms with van der Waals surface area (Å²) in [5.74, 6) is 1.48. The van der Waals surface area contributed by atoms with Crippen molar-refractivity contribution in [2.24, 2.45) is 5.73 Å². The third-order valence-electron chi connectivity index (χ3n) is 2.81. The molecule has 6 nitrogen and oxygen atoms in total. The van der Waals surface area contributed by atoms with Crippen LogP contribution in [-0.4, -0.2) is 57.3 Å². The average Bonchev–Trinajstić information content (AvgIpc) is 2.54. The summed E-state index contributed by atoms with van der Waals surface area (Å²) in [7, 11) is 0. The van der Waals surface area contributed by atoms with Crippen LogP contribution in [0.2, 0.25) is 0 Å². The normalized spacial score (nSPS) is 12.1. The van der Waals surface area contributed by atoms with Gasteiger partial charge in [0.1, 0.15) is 30.8 Å². The first-order valence-corrected chi connectivity index (χ1v) is 7.78. The standard InChI is InChI=1S/C16H28N2O4/c1-2-9-20-10-11-21-15-3-5-16(6-4-15)22-13-14(19)12-18-8-7-17/h3-6,14,18-19H,2,7-13,17H2,1H3. The molecule has 1 aromatic rings. The van der Waals surface area contributed by atoms with Crippen LogP contribution >= 0.6 is 0 Å². The smallest absolute Gasteiger partial charge is 0.119 e. The van der Waals surface area contributed by atoms with Gasteiger partial charge in [0.2, 0.25) is 0 Å². The molecule has 1 aromatic carbocycles. The zero-order valence-electron chi connectivity index (χ0n) is 13.3. The number of aliphatic hydroxyl groups is 1. The van der Waals surface area contributed by atoms with Crippen LogP contribution < -0.4 is 20.5 Å². The molecular weight excluding hydrogens is 284 g/mol. The summed E-state index contributed by atoms with van der Waals surface area (Å²) in [4.78, 5) is 0. The van der Waals surface area contributed by atoms with Crippen LogP contribution in [-0.2, 0) is 4.74 Å². The minimum absolute atomic E-state index is 0.239. The van der Waals surface area contributed by atoms with E-state index in [1.807, 2.05) is 24.3 Å². The highest BCUT2D eigenvalue weighted by atomic mass is 16.5. The van der Waals surface area contributed by atoms with Gasteiger partial charge in [-0.15, -0.1) is 0 Å². The Balaban J connectivity index is 2.18. The number of rotatable bonds is 13. The molecule has 0 spiro atoms. The highest BCUT2D eigenvalue weighted by Gasteiger charge is 2.04. The Labute approximate surface area is 132 Å². The average molecular weight is 312 g/mol. The van der Waals surface area contributed by atoms with Crippen LogP contribution in [0, 0.1) is 0 Å². The SMILES string of the molecule is CCCOCCOc1ccc(OCC(O)CNCCN)cc1. The van der Waals surface area contributed by atoms with Crippen LogP contribution in [0.25, 0.3) is 0 Å². The van der Waals surface area contributed by atoms with Crippen molar-refractivity contribution in [3.8, 4) is 11.5 Å². The number of hydrogen-bond donors (Lipinski definition) is 3. The molecular formula is C16H28N2O4. The molecule has 126 valence electrons. The molecule has 0 fully saturated rings. The first-order chi connectivity index (χ1) is 10.8. The van der Waals surface area contributed by atoms with E-state index in [0.29, 0.717) is 38.6 Å². The molecule has 4 N–H and O–H groups in total. The van der Waals surface area contributed by atoms with Crippen molar-refractivity contribution >= 4 is 0 Å². The predicted octanol–water partition coefficient (Wildman–Crippen LogP) is 0.780. The second-order valence-electron chi connectivity index (χ2n) is 4.89. The second kappa shape index (κ2) is 12.2. The van der Waals surface area contributed by atoms with E-state index in [9.17, 15) is 5.11 Å². The van der Waals surface area contributed by atoms with Crippen molar-refractivity contribution < 1.29 is 19.3 Å². The monoisotopic (exact) mass is 312 g/mol. The predicted molar refractivity (Wildman–Crippen MR) is 86.5 cm³/mol. The van der Waals surface area contributed by atoms with E-state index in [1.165, 1.54) is 0 Å². The maximum Gasteiger partial charge on any atom is 0.119 e. The highest BCUT2D eigenvalue weighted by molar-refractivity contribution is 5.31. The molecule has 22 heavy (non-hydrogen) atoms. The van der Waals surface area contributed by atoms with E-state index >= 15 is 0 Å².